The SMILES string of the molecule is N#Cc1ccc2c(c1F)-c1cccc3c1C(O2)C(N1CCC(N)C1)C3. The first-order valence-corrected chi connectivity index (χ1v) is 8.68. The number of halogens is 1. The minimum Gasteiger partial charge on any atom is -0.483 e. The van der Waals surface area contributed by atoms with Crippen molar-refractivity contribution in [2.24, 2.45) is 5.73 Å². The van der Waals surface area contributed by atoms with Gasteiger partial charge in [0.1, 0.15) is 17.9 Å². The third-order valence-corrected chi connectivity index (χ3v) is 5.73. The second kappa shape index (κ2) is 5.29. The number of ether oxygens (including phenoxy) is 1. The Morgan fingerprint density at radius 1 is 1.28 bits per heavy atom. The van der Waals surface area contributed by atoms with E-state index in [2.05, 4.69) is 11.0 Å². The van der Waals surface area contributed by atoms with Crippen LogP contribution < -0.4 is 10.5 Å². The topological polar surface area (TPSA) is 62.3 Å². The van der Waals surface area contributed by atoms with E-state index >= 15 is 0 Å². The summed E-state index contributed by atoms with van der Waals surface area (Å²) in [5.41, 5.74) is 9.72. The summed E-state index contributed by atoms with van der Waals surface area (Å²) in [5.74, 6) is 0.0417. The van der Waals surface area contributed by atoms with Crippen molar-refractivity contribution in [1.29, 1.82) is 5.26 Å². The van der Waals surface area contributed by atoms with E-state index in [9.17, 15) is 4.39 Å². The zero-order valence-corrected chi connectivity index (χ0v) is 13.7. The van der Waals surface area contributed by atoms with Gasteiger partial charge in [-0.05, 0) is 36.1 Å². The molecule has 3 aliphatic rings. The van der Waals surface area contributed by atoms with Crippen molar-refractivity contribution in [3.8, 4) is 22.9 Å². The van der Waals surface area contributed by atoms with Crippen molar-refractivity contribution in [2.45, 2.75) is 31.0 Å². The molecule has 2 aromatic carbocycles. The van der Waals surface area contributed by atoms with Gasteiger partial charge in [0, 0.05) is 24.7 Å². The molecule has 3 atom stereocenters. The Morgan fingerprint density at radius 2 is 2.16 bits per heavy atom. The van der Waals surface area contributed by atoms with Gasteiger partial charge in [0.15, 0.2) is 5.82 Å². The number of hydrogen-bond acceptors (Lipinski definition) is 4. The lowest BCUT2D eigenvalue weighted by atomic mass is 9.91. The van der Waals surface area contributed by atoms with Gasteiger partial charge in [-0.15, -0.1) is 0 Å². The molecule has 3 unspecified atom stereocenters. The van der Waals surface area contributed by atoms with Crippen LogP contribution in [0.4, 0.5) is 4.39 Å². The number of likely N-dealkylation sites (tertiary alicyclic amines) is 1. The second-order valence-electron chi connectivity index (χ2n) is 7.14. The summed E-state index contributed by atoms with van der Waals surface area (Å²) < 4.78 is 21.1. The molecule has 1 saturated heterocycles. The fourth-order valence-corrected chi connectivity index (χ4v) is 4.58. The molecular weight excluding hydrogens is 317 g/mol. The first-order valence-electron chi connectivity index (χ1n) is 8.68. The molecular formula is C20H18FN3O. The summed E-state index contributed by atoms with van der Waals surface area (Å²) in [7, 11) is 0. The van der Waals surface area contributed by atoms with Gasteiger partial charge in [-0.25, -0.2) is 4.39 Å². The maximum absolute atomic E-state index is 14.8. The fraction of sp³-hybridized carbons (Fsp3) is 0.350. The molecule has 5 heteroatoms. The van der Waals surface area contributed by atoms with Crippen LogP contribution in [0.3, 0.4) is 0 Å². The van der Waals surface area contributed by atoms with E-state index in [-0.39, 0.29) is 23.8 Å². The fourth-order valence-electron chi connectivity index (χ4n) is 4.58. The molecule has 0 radical (unpaired) electrons. The third-order valence-electron chi connectivity index (χ3n) is 5.73. The Labute approximate surface area is 145 Å². The standard InChI is InChI=1S/C20H18FN3O/c21-19-12(9-22)4-5-16-18(19)14-3-1-2-11-8-15(20(25-16)17(11)14)24-7-6-13(23)10-24/h1-5,13,15,20H,6-8,10,23H2. The highest BCUT2D eigenvalue weighted by Gasteiger charge is 2.44. The van der Waals surface area contributed by atoms with E-state index in [1.807, 2.05) is 18.2 Å². The third kappa shape index (κ3) is 2.05. The summed E-state index contributed by atoms with van der Waals surface area (Å²) in [6, 6.07) is 11.6. The van der Waals surface area contributed by atoms with E-state index in [0.29, 0.717) is 11.3 Å². The summed E-state index contributed by atoms with van der Waals surface area (Å²) >= 11 is 0. The van der Waals surface area contributed by atoms with Gasteiger partial charge in [0.05, 0.1) is 17.2 Å². The van der Waals surface area contributed by atoms with Gasteiger partial charge in [0.25, 0.3) is 0 Å². The zero-order chi connectivity index (χ0) is 17.1. The van der Waals surface area contributed by atoms with Gasteiger partial charge in [-0.3, -0.25) is 4.90 Å². The van der Waals surface area contributed by atoms with Crippen molar-refractivity contribution in [3.05, 3.63) is 52.8 Å². The first kappa shape index (κ1) is 14.9. The highest BCUT2D eigenvalue weighted by atomic mass is 19.1. The monoisotopic (exact) mass is 335 g/mol. The lowest BCUT2D eigenvalue weighted by Crippen LogP contribution is -2.40. The molecule has 0 bridgehead atoms. The molecule has 1 aliphatic carbocycles. The predicted octanol–water partition coefficient (Wildman–Crippen LogP) is 2.76. The Hall–Kier alpha value is -2.42. The lowest BCUT2D eigenvalue weighted by Gasteiger charge is -2.34. The van der Waals surface area contributed by atoms with Crippen molar-refractivity contribution in [3.63, 3.8) is 0 Å². The smallest absolute Gasteiger partial charge is 0.152 e. The van der Waals surface area contributed by atoms with Crippen molar-refractivity contribution < 1.29 is 9.13 Å². The molecule has 1 fully saturated rings. The Kier molecular flexibility index (Phi) is 3.15. The molecule has 126 valence electrons. The normalized spacial score (nSPS) is 26.7. The van der Waals surface area contributed by atoms with Crippen LogP contribution in [0, 0.1) is 17.1 Å². The average Bonchev–Trinajstić information content (AvgIpc) is 3.20. The Balaban J connectivity index is 1.65. The molecule has 2 aliphatic heterocycles. The molecule has 5 rings (SSSR count). The van der Waals surface area contributed by atoms with Crippen LogP contribution in [0.25, 0.3) is 11.1 Å². The van der Waals surface area contributed by atoms with Crippen LogP contribution in [0.2, 0.25) is 0 Å². The molecule has 25 heavy (non-hydrogen) atoms. The summed E-state index contributed by atoms with van der Waals surface area (Å²) in [6.45, 7) is 1.85. The first-order chi connectivity index (χ1) is 12.2. The highest BCUT2D eigenvalue weighted by molar-refractivity contribution is 5.79. The molecule has 0 amide bonds. The van der Waals surface area contributed by atoms with Gasteiger partial charge in [-0.1, -0.05) is 18.2 Å². The van der Waals surface area contributed by atoms with E-state index in [1.165, 1.54) is 11.6 Å². The van der Waals surface area contributed by atoms with E-state index in [1.54, 1.807) is 6.07 Å². The van der Waals surface area contributed by atoms with Crippen molar-refractivity contribution in [2.75, 3.05) is 13.1 Å². The molecule has 4 nitrogen and oxygen atoms in total. The number of rotatable bonds is 1. The highest BCUT2D eigenvalue weighted by Crippen LogP contribution is 2.51. The molecule has 0 aromatic heterocycles. The largest absolute Gasteiger partial charge is 0.483 e. The van der Waals surface area contributed by atoms with Gasteiger partial charge < -0.3 is 10.5 Å². The quantitative estimate of drug-likeness (QED) is 0.870. The Bertz CT molecular complexity index is 920. The van der Waals surface area contributed by atoms with Crippen LogP contribution in [-0.2, 0) is 6.42 Å². The average molecular weight is 335 g/mol. The summed E-state index contributed by atoms with van der Waals surface area (Å²) in [4.78, 5) is 2.41. The van der Waals surface area contributed by atoms with Crippen LogP contribution in [0.5, 0.6) is 5.75 Å². The number of benzene rings is 2. The van der Waals surface area contributed by atoms with Crippen LogP contribution >= 0.6 is 0 Å². The summed E-state index contributed by atoms with van der Waals surface area (Å²) in [5, 5.41) is 9.15. The van der Waals surface area contributed by atoms with Crippen LogP contribution in [0.1, 0.15) is 29.2 Å². The van der Waals surface area contributed by atoms with Gasteiger partial charge in [0.2, 0.25) is 0 Å². The van der Waals surface area contributed by atoms with E-state index in [0.717, 1.165) is 37.1 Å². The number of nitrogens with zero attached hydrogens (tertiary/aromatic N) is 2. The lowest BCUT2D eigenvalue weighted by molar-refractivity contribution is 0.0913. The maximum atomic E-state index is 14.8. The maximum Gasteiger partial charge on any atom is 0.152 e. The van der Waals surface area contributed by atoms with Gasteiger partial charge in [-0.2, -0.15) is 5.26 Å². The second-order valence-corrected chi connectivity index (χ2v) is 7.14. The molecule has 0 saturated carbocycles. The molecule has 0 spiro atoms. The number of hydrogen-bond donors (Lipinski definition) is 1. The van der Waals surface area contributed by atoms with Gasteiger partial charge >= 0.3 is 0 Å². The number of nitriles is 1. The zero-order valence-electron chi connectivity index (χ0n) is 13.7. The van der Waals surface area contributed by atoms with Crippen molar-refractivity contribution in [1.82, 2.24) is 4.90 Å². The summed E-state index contributed by atoms with van der Waals surface area (Å²) in [6.07, 6.45) is 1.79. The van der Waals surface area contributed by atoms with Crippen molar-refractivity contribution >= 4 is 0 Å². The number of nitrogens with two attached hydrogens (primary N) is 1. The predicted molar refractivity (Wildman–Crippen MR) is 91.6 cm³/mol. The van der Waals surface area contributed by atoms with Crippen LogP contribution in [0.15, 0.2) is 30.3 Å². The van der Waals surface area contributed by atoms with E-state index < -0.39 is 5.82 Å². The Morgan fingerprint density at radius 3 is 2.92 bits per heavy atom. The number of fused-ring (bicyclic) bond motifs is 2. The minimum absolute atomic E-state index is 0.0541. The van der Waals surface area contributed by atoms with Crippen LogP contribution in [-0.4, -0.2) is 30.1 Å². The molecule has 2 heterocycles. The molecule has 2 N–H and O–H groups in total. The van der Waals surface area contributed by atoms with E-state index in [4.69, 9.17) is 15.7 Å². The molecule has 2 aromatic rings. The minimum atomic E-state index is -0.488.